The first-order valence-corrected chi connectivity index (χ1v) is 23.7. The number of amides is 4. The standard InChI is InChI=1S/C41H54N2O8.C5H8N2OS.C4H10/c1-10-12-31(44)42-21-22-43-38(48)26(6)16-20-41(49)37(47)27(7)23-30-34(46)32-33(45)28-17-19-39(8,18-11-13-24(2)3)50-35(28)29(15-14-25(4)5)36(32)51-40(30,41)9;8-5-6-3-1-9-2-4(3)7-5;1-4(2)3/h13-14,16-17,19,30,45,49H,7,10-12,15,18,20-23H2,1-6,8-9H3,(H,42,44)(H,43,48);3-4H,1-2H2,(H2,6,7,8);4H,1-3H3/b26-16-;;/t;3-,4+;. The van der Waals surface area contributed by atoms with Gasteiger partial charge in [0, 0.05) is 48.6 Å². The molecule has 4 aliphatic heterocycles. The Hall–Kier alpha value is -4.82. The molecule has 1 aromatic carbocycles. The third-order valence-corrected chi connectivity index (χ3v) is 13.0. The second-order valence-electron chi connectivity index (χ2n) is 19.0. The minimum Gasteiger partial charge on any atom is -0.506 e. The number of aromatic hydroxyl groups is 1. The molecule has 0 bridgehead atoms. The van der Waals surface area contributed by atoms with Crippen molar-refractivity contribution in [3.63, 3.8) is 0 Å². The zero-order valence-corrected chi connectivity index (χ0v) is 40.7. The number of ketones is 2. The molecule has 0 spiro atoms. The van der Waals surface area contributed by atoms with E-state index < -0.39 is 40.2 Å². The van der Waals surface area contributed by atoms with Crippen molar-refractivity contribution in [1.29, 1.82) is 0 Å². The highest BCUT2D eigenvalue weighted by atomic mass is 32.2. The number of hydrogen-bond donors (Lipinski definition) is 6. The molecule has 1 aliphatic carbocycles. The third-order valence-electron chi connectivity index (χ3n) is 11.9. The molecule has 5 aliphatic rings. The molecule has 0 radical (unpaired) electrons. The van der Waals surface area contributed by atoms with E-state index in [0.717, 1.165) is 35.8 Å². The minimum absolute atomic E-state index is 0.00491. The average molecular weight is 905 g/mol. The van der Waals surface area contributed by atoms with Crippen LogP contribution in [0.2, 0.25) is 0 Å². The molecule has 6 atom stereocenters. The zero-order chi connectivity index (χ0) is 47.7. The summed E-state index contributed by atoms with van der Waals surface area (Å²) in [7, 11) is 0. The van der Waals surface area contributed by atoms with Gasteiger partial charge in [-0.1, -0.05) is 63.6 Å². The summed E-state index contributed by atoms with van der Waals surface area (Å²) in [5.41, 5.74) is -1.40. The summed E-state index contributed by atoms with van der Waals surface area (Å²) in [6.07, 6.45) is 11.7. The minimum atomic E-state index is -2.28. The van der Waals surface area contributed by atoms with Gasteiger partial charge in [0.1, 0.15) is 28.4 Å². The van der Waals surface area contributed by atoms with Crippen molar-refractivity contribution in [2.75, 3.05) is 24.6 Å². The number of allylic oxidation sites excluding steroid dienone is 4. The van der Waals surface area contributed by atoms with Crippen LogP contribution in [0.4, 0.5) is 4.79 Å². The summed E-state index contributed by atoms with van der Waals surface area (Å²) in [5.74, 6) is 0.406. The van der Waals surface area contributed by atoms with Gasteiger partial charge in [-0.25, -0.2) is 4.79 Å². The van der Waals surface area contributed by atoms with Crippen LogP contribution in [0.5, 0.6) is 17.2 Å². The van der Waals surface area contributed by atoms with Crippen molar-refractivity contribution < 1.29 is 43.7 Å². The molecule has 13 nitrogen and oxygen atoms in total. The molecule has 6 rings (SSSR count). The quantitative estimate of drug-likeness (QED) is 0.0492. The van der Waals surface area contributed by atoms with Crippen molar-refractivity contribution in [3.05, 3.63) is 69.9 Å². The van der Waals surface area contributed by atoms with Gasteiger partial charge in [-0.05, 0) is 104 Å². The lowest BCUT2D eigenvalue weighted by Crippen LogP contribution is -2.70. The largest absolute Gasteiger partial charge is 0.506 e. The van der Waals surface area contributed by atoms with Crippen LogP contribution in [0.1, 0.15) is 136 Å². The molecule has 1 saturated carbocycles. The van der Waals surface area contributed by atoms with Crippen LogP contribution < -0.4 is 30.7 Å². The lowest BCUT2D eigenvalue weighted by Gasteiger charge is -2.53. The van der Waals surface area contributed by atoms with E-state index in [4.69, 9.17) is 9.47 Å². The van der Waals surface area contributed by atoms with E-state index in [1.54, 1.807) is 13.0 Å². The van der Waals surface area contributed by atoms with Crippen LogP contribution in [0, 0.1) is 11.8 Å². The van der Waals surface area contributed by atoms with Crippen molar-refractivity contribution in [1.82, 2.24) is 21.3 Å². The Morgan fingerprint density at radius 3 is 2.16 bits per heavy atom. The van der Waals surface area contributed by atoms with Crippen LogP contribution >= 0.6 is 11.8 Å². The summed E-state index contributed by atoms with van der Waals surface area (Å²) in [5, 5.41) is 35.2. The molecule has 64 heavy (non-hydrogen) atoms. The molecule has 352 valence electrons. The number of phenolic OH excluding ortho intramolecular Hbond substituents is 1. The summed E-state index contributed by atoms with van der Waals surface area (Å²) in [6.45, 7) is 25.8. The van der Waals surface area contributed by atoms with Crippen molar-refractivity contribution in [2.24, 2.45) is 11.8 Å². The number of rotatable bonds is 13. The molecule has 4 heterocycles. The monoisotopic (exact) mass is 905 g/mol. The van der Waals surface area contributed by atoms with Gasteiger partial charge in [-0.15, -0.1) is 0 Å². The van der Waals surface area contributed by atoms with Crippen molar-refractivity contribution >= 4 is 47.2 Å². The van der Waals surface area contributed by atoms with Crippen LogP contribution in [0.3, 0.4) is 0 Å². The Balaban J connectivity index is 0.000000588. The van der Waals surface area contributed by atoms with E-state index in [9.17, 15) is 34.2 Å². The summed E-state index contributed by atoms with van der Waals surface area (Å²) in [4.78, 5) is 63.6. The number of hydrogen-bond acceptors (Lipinski definition) is 10. The maximum Gasteiger partial charge on any atom is 0.315 e. The molecule has 4 unspecified atom stereocenters. The molecule has 14 heteroatoms. The third kappa shape index (κ3) is 12.1. The molecule has 0 aromatic heterocycles. The summed E-state index contributed by atoms with van der Waals surface area (Å²) < 4.78 is 13.4. The van der Waals surface area contributed by atoms with Gasteiger partial charge in [-0.2, -0.15) is 11.8 Å². The fourth-order valence-electron chi connectivity index (χ4n) is 8.14. The van der Waals surface area contributed by atoms with E-state index in [2.05, 4.69) is 54.7 Å². The Morgan fingerprint density at radius 2 is 1.56 bits per heavy atom. The number of nitrogens with one attached hydrogen (secondary N) is 4. The van der Waals surface area contributed by atoms with Gasteiger partial charge in [0.2, 0.25) is 11.8 Å². The number of thioether (sulfide) groups is 1. The number of benzene rings is 1. The Kier molecular flexibility index (Phi) is 17.7. The Morgan fingerprint density at radius 1 is 0.953 bits per heavy atom. The lowest BCUT2D eigenvalue weighted by atomic mass is 9.59. The fourth-order valence-corrected chi connectivity index (χ4v) is 9.42. The highest BCUT2D eigenvalue weighted by Gasteiger charge is 2.66. The van der Waals surface area contributed by atoms with Crippen LogP contribution in [-0.2, 0) is 20.8 Å². The molecule has 2 saturated heterocycles. The number of Topliss-reactive ketones (excluding diaryl/α,β-unsaturated/α-hetero) is 2. The maximum atomic E-state index is 14.5. The highest BCUT2D eigenvalue weighted by molar-refractivity contribution is 7.99. The zero-order valence-electron chi connectivity index (χ0n) is 39.8. The average Bonchev–Trinajstić information content (AvgIpc) is 3.79. The Bertz CT molecular complexity index is 2080. The molecule has 3 fully saturated rings. The lowest BCUT2D eigenvalue weighted by molar-refractivity contribution is -0.175. The van der Waals surface area contributed by atoms with Crippen LogP contribution in [-0.4, -0.2) is 93.1 Å². The van der Waals surface area contributed by atoms with E-state index >= 15 is 0 Å². The molecule has 1 aromatic rings. The first-order valence-electron chi connectivity index (χ1n) is 22.6. The number of fused-ring (bicyclic) bond motifs is 4. The van der Waals surface area contributed by atoms with Gasteiger partial charge in [-0.3, -0.25) is 19.2 Å². The van der Waals surface area contributed by atoms with E-state index in [1.807, 2.05) is 65.5 Å². The second-order valence-corrected chi connectivity index (χ2v) is 20.1. The van der Waals surface area contributed by atoms with Gasteiger partial charge in [0.15, 0.2) is 22.8 Å². The first kappa shape index (κ1) is 51.8. The fraction of sp³-hybridized carbons (Fsp3) is 0.580. The number of carbonyl (C=O) groups is 5. The predicted molar refractivity (Wildman–Crippen MR) is 255 cm³/mol. The number of urea groups is 1. The van der Waals surface area contributed by atoms with Crippen molar-refractivity contribution in [2.45, 2.75) is 150 Å². The smallest absolute Gasteiger partial charge is 0.315 e. The SMILES string of the molecule is C=C1CC2C(=O)c3c(O)c4c(c(CC=C(C)C)c3OC2(C)C(O)(C/C=C(/C)C(=O)NCCNC(=O)CCC)C1=O)OC(C)(CCC=C(C)C)C=C4.CC(C)C.O=C1N[C@H]2CSC[C@H]2N1. The van der Waals surface area contributed by atoms with E-state index in [-0.39, 0.29) is 66.1 Å². The highest BCUT2D eigenvalue weighted by Crippen LogP contribution is 2.57. The predicted octanol–water partition coefficient (Wildman–Crippen LogP) is 7.84. The maximum absolute atomic E-state index is 14.5. The topological polar surface area (TPSA) is 192 Å². The van der Waals surface area contributed by atoms with E-state index in [0.29, 0.717) is 48.2 Å². The second kappa shape index (κ2) is 21.9. The summed E-state index contributed by atoms with van der Waals surface area (Å²) >= 11 is 1.89. The number of aliphatic hydroxyl groups is 1. The van der Waals surface area contributed by atoms with Gasteiger partial charge in [0.05, 0.1) is 23.6 Å². The van der Waals surface area contributed by atoms with Crippen molar-refractivity contribution in [3.8, 4) is 17.2 Å². The Labute approximate surface area is 384 Å². The van der Waals surface area contributed by atoms with Gasteiger partial charge in [0.25, 0.3) is 0 Å². The van der Waals surface area contributed by atoms with Gasteiger partial charge < -0.3 is 41.0 Å². The van der Waals surface area contributed by atoms with Gasteiger partial charge >= 0.3 is 6.03 Å². The first-order chi connectivity index (χ1) is 30.0. The van der Waals surface area contributed by atoms with E-state index in [1.165, 1.54) is 18.6 Å². The number of ether oxygens (including phenoxy) is 2. The molecule has 6 N–H and O–H groups in total. The molecule has 4 amide bonds. The van der Waals surface area contributed by atoms with Crippen LogP contribution in [0.25, 0.3) is 6.08 Å². The number of carbonyl (C=O) groups excluding carboxylic acids is 5. The summed E-state index contributed by atoms with van der Waals surface area (Å²) in [6, 6.07) is 0.815. The van der Waals surface area contributed by atoms with Crippen LogP contribution in [0.15, 0.2) is 53.2 Å². The number of phenols is 1. The normalized spacial score (nSPS) is 26.1. The molecular formula is C50H72N4O9S. The molecular weight excluding hydrogens is 833 g/mol.